The smallest absolute Gasteiger partial charge is 0.408 e. The highest BCUT2D eigenvalue weighted by atomic mass is 32.1. The summed E-state index contributed by atoms with van der Waals surface area (Å²) in [5, 5.41) is 15.7. The number of aromatic nitrogens is 2. The zero-order valence-electron chi connectivity index (χ0n) is 56.2. The third-order valence-electron chi connectivity index (χ3n) is 18.1. The molecule has 4 atom stereocenters. The predicted molar refractivity (Wildman–Crippen MR) is 374 cm³/mol. The third kappa shape index (κ3) is 15.5. The minimum Gasteiger partial charge on any atom is -0.444 e. The van der Waals surface area contributed by atoms with Gasteiger partial charge in [0.15, 0.2) is 11.6 Å². The van der Waals surface area contributed by atoms with Gasteiger partial charge in [-0.05, 0) is 172 Å². The van der Waals surface area contributed by atoms with Crippen LogP contribution < -0.4 is 36.0 Å². The molecule has 500 valence electrons. The number of alkyl halides is 1. The molecule has 0 spiro atoms. The van der Waals surface area contributed by atoms with Crippen molar-refractivity contribution in [2.45, 2.75) is 162 Å². The average molecular weight is 1330 g/mol. The van der Waals surface area contributed by atoms with Gasteiger partial charge in [0, 0.05) is 104 Å². The van der Waals surface area contributed by atoms with Gasteiger partial charge in [-0.15, -0.1) is 0 Å². The van der Waals surface area contributed by atoms with Crippen molar-refractivity contribution < 1.29 is 48.9 Å². The van der Waals surface area contributed by atoms with Crippen molar-refractivity contribution in [1.82, 2.24) is 19.8 Å². The Hall–Kier alpha value is -8.79. The van der Waals surface area contributed by atoms with Crippen molar-refractivity contribution in [2.75, 3.05) is 39.8 Å². The number of hydrogen-bond donors (Lipinski definition) is 3. The van der Waals surface area contributed by atoms with E-state index in [2.05, 4.69) is 45.0 Å². The van der Waals surface area contributed by atoms with E-state index in [1.54, 1.807) is 76.9 Å². The zero-order chi connectivity index (χ0) is 68.6. The van der Waals surface area contributed by atoms with Crippen LogP contribution in [0.15, 0.2) is 131 Å². The minimum atomic E-state index is -1.42. The average Bonchev–Trinajstić information content (AvgIpc) is 0.813. The Kier molecular flexibility index (Phi) is 21.3. The second-order valence-electron chi connectivity index (χ2n) is 26.3. The van der Waals surface area contributed by atoms with Crippen LogP contribution in [-0.2, 0) is 90.2 Å². The molecular formula is C74H86FN9O9S2. The van der Waals surface area contributed by atoms with Gasteiger partial charge in [-0.25, -0.2) is 4.79 Å². The van der Waals surface area contributed by atoms with Crippen molar-refractivity contribution in [3.05, 3.63) is 164 Å². The number of thiophene rings is 2. The van der Waals surface area contributed by atoms with E-state index in [0.717, 1.165) is 104 Å². The minimum absolute atomic E-state index is 0.0331. The van der Waals surface area contributed by atoms with Crippen molar-refractivity contribution in [1.29, 1.82) is 0 Å². The molecule has 8 aromatic rings. The van der Waals surface area contributed by atoms with Gasteiger partial charge in [-0.2, -0.15) is 22.7 Å². The number of rotatable bonds is 21. The SMILES string of the molecule is CCn1cc(C[C@@H](N)C(=O)CC2Cc3cccc(N4CCCC4=O)c3N(Cc3ccsc3)C2=O)c2ccccc21.CCn1cc(C[C@@H](NC(=O)C(C)(C)NC(=O)OC(C)(C)C)C(=O)CC2Cc3cccc(N4CCCC4=O)c3N(Cc3ccsc3)C2=O)c2ccccc21.[2H]CF. The van der Waals surface area contributed by atoms with Gasteiger partial charge in [0.25, 0.3) is 0 Å². The molecule has 0 bridgehead atoms. The first kappa shape index (κ1) is 67.6. The molecule has 21 heteroatoms. The van der Waals surface area contributed by atoms with Crippen LogP contribution >= 0.6 is 22.7 Å². The fourth-order valence-corrected chi connectivity index (χ4v) is 14.8. The number of Topliss-reactive ketones (excluding diaryl/α,β-unsaturated/α-hetero) is 2. The first-order valence-corrected chi connectivity index (χ1v) is 34.5. The van der Waals surface area contributed by atoms with E-state index < -0.39 is 54.2 Å². The number of alkyl carbamates (subject to hydrolysis) is 1. The lowest BCUT2D eigenvalue weighted by Crippen LogP contribution is -2.59. The molecule has 0 radical (unpaired) electrons. The van der Waals surface area contributed by atoms with Gasteiger partial charge >= 0.3 is 6.09 Å². The maximum absolute atomic E-state index is 14.5. The summed E-state index contributed by atoms with van der Waals surface area (Å²) in [5.41, 5.74) is 15.3. The molecule has 0 aliphatic carbocycles. The molecular weight excluding hydrogens is 1240 g/mol. The molecule has 2 unspecified atom stereocenters. The Morgan fingerprint density at radius 1 is 0.653 bits per heavy atom. The normalized spacial score (nSPS) is 17.2. The predicted octanol–water partition coefficient (Wildman–Crippen LogP) is 12.2. The molecule has 4 N–H and O–H groups in total. The molecule has 18 nitrogen and oxygen atoms in total. The number of anilines is 4. The fraction of sp³-hybridized carbons (Fsp3) is 0.405. The van der Waals surface area contributed by atoms with Crippen molar-refractivity contribution in [3.63, 3.8) is 0 Å². The topological polar surface area (TPSA) is 219 Å². The Bertz CT molecular complexity index is 4160. The Morgan fingerprint density at radius 2 is 1.12 bits per heavy atom. The lowest BCUT2D eigenvalue weighted by atomic mass is 9.85. The van der Waals surface area contributed by atoms with Crippen LogP contribution in [0.4, 0.5) is 31.9 Å². The molecule has 6 amide bonds. The van der Waals surface area contributed by atoms with Crippen LogP contribution in [0.1, 0.15) is 122 Å². The number of hydrogen-bond acceptors (Lipinski definition) is 12. The van der Waals surface area contributed by atoms with Gasteiger partial charge in [0.1, 0.15) is 11.1 Å². The van der Waals surface area contributed by atoms with Crippen LogP contribution in [-0.4, -0.2) is 99.8 Å². The standard InChI is InChI=1S/C41H49N5O6S.C32H34N4O3S.CH3F/c1-7-44-24-29(30-13-8-9-14-32(30)44)21-31(42-38(50)41(5,6)43-39(51)52-40(2,3)4)34(47)22-28-20-27-12-10-15-33(45-18-11-16-35(45)48)36(27)46(37(28)49)23-26-17-19-53-25-26;1-2-34-19-24(25-8-3-4-9-27(25)34)16-26(33)29(37)17-23-15-22-7-5-10-28(35-13-6-11-30(35)38)31(22)36(32(23)39)18-21-12-14-40-20-21;1-2/h8-10,12-15,17,19,24-25,28,31H,7,11,16,18,20-23H2,1-6H3,(H,42,50)(H,43,51);3-5,7-10,12,14,19-20,23,26H,2,6,11,13,15-18,33H2,1H3;1H3/t28?,31-;23?,26-;/m11./s1/i;;1D. The summed E-state index contributed by atoms with van der Waals surface area (Å²) >= 11 is 3.13. The third-order valence-corrected chi connectivity index (χ3v) is 19.6. The van der Waals surface area contributed by atoms with Crippen molar-refractivity contribution >= 4 is 114 Å². The lowest BCUT2D eigenvalue weighted by molar-refractivity contribution is -0.132. The number of nitrogens with two attached hydrogens (primary N) is 1. The number of aryl methyl sites for hydroxylation is 2. The molecule has 4 aliphatic heterocycles. The van der Waals surface area contributed by atoms with Crippen LogP contribution in [0.5, 0.6) is 0 Å². The number of fused-ring (bicyclic) bond motifs is 4. The number of ether oxygens (including phenoxy) is 1. The van der Waals surface area contributed by atoms with E-state index in [-0.39, 0.29) is 54.5 Å². The first-order chi connectivity index (χ1) is 46.0. The fourth-order valence-electron chi connectivity index (χ4n) is 13.5. The van der Waals surface area contributed by atoms with E-state index in [1.165, 1.54) is 0 Å². The second-order valence-corrected chi connectivity index (χ2v) is 27.9. The summed E-state index contributed by atoms with van der Waals surface area (Å²) < 4.78 is 25.2. The molecule has 4 aliphatic rings. The molecule has 4 aromatic carbocycles. The summed E-state index contributed by atoms with van der Waals surface area (Å²) in [4.78, 5) is 116. The Balaban J connectivity index is 0.000000208. The van der Waals surface area contributed by atoms with Crippen LogP contribution in [0.25, 0.3) is 21.8 Å². The largest absolute Gasteiger partial charge is 0.444 e. The molecule has 8 heterocycles. The van der Waals surface area contributed by atoms with E-state index >= 15 is 0 Å². The number of ketones is 2. The van der Waals surface area contributed by atoms with E-state index in [0.29, 0.717) is 58.3 Å². The molecule has 2 saturated heterocycles. The lowest BCUT2D eigenvalue weighted by Gasteiger charge is -2.37. The number of nitrogens with one attached hydrogen (secondary N) is 2. The van der Waals surface area contributed by atoms with Gasteiger partial charge < -0.3 is 49.8 Å². The molecule has 95 heavy (non-hydrogen) atoms. The number of halogens is 1. The zero-order valence-corrected chi connectivity index (χ0v) is 56.8. The van der Waals surface area contributed by atoms with E-state index in [4.69, 9.17) is 11.8 Å². The number of carbonyl (C=O) groups is 8. The maximum Gasteiger partial charge on any atom is 0.408 e. The number of benzene rings is 4. The highest BCUT2D eigenvalue weighted by Crippen LogP contribution is 2.44. The second kappa shape index (κ2) is 29.9. The number of para-hydroxylation sites is 4. The molecule has 12 rings (SSSR count). The quantitative estimate of drug-likeness (QED) is 0.0618. The van der Waals surface area contributed by atoms with Crippen molar-refractivity contribution in [3.8, 4) is 0 Å². The van der Waals surface area contributed by atoms with Crippen LogP contribution in [0, 0.1) is 11.8 Å². The number of nitrogens with zero attached hydrogens (tertiary/aromatic N) is 6. The van der Waals surface area contributed by atoms with Crippen molar-refractivity contribution in [2.24, 2.45) is 17.6 Å². The first-order valence-electron chi connectivity index (χ1n) is 33.3. The highest BCUT2D eigenvalue weighted by Gasteiger charge is 2.42. The Labute approximate surface area is 564 Å². The van der Waals surface area contributed by atoms with E-state index in [9.17, 15) is 42.7 Å². The Morgan fingerprint density at radius 3 is 1.55 bits per heavy atom. The summed E-state index contributed by atoms with van der Waals surface area (Å²) in [6.45, 7) is 16.0. The summed E-state index contributed by atoms with van der Waals surface area (Å²) in [6.07, 6.45) is 7.29. The van der Waals surface area contributed by atoms with Gasteiger partial charge in [-0.1, -0.05) is 60.7 Å². The molecule has 0 saturated carbocycles. The van der Waals surface area contributed by atoms with Gasteiger partial charge in [0.05, 0.1) is 56.4 Å². The number of amides is 6. The monoisotopic (exact) mass is 1330 g/mol. The number of carbonyl (C=O) groups excluding carboxylic acids is 8. The van der Waals surface area contributed by atoms with Gasteiger partial charge in [-0.3, -0.25) is 38.0 Å². The summed E-state index contributed by atoms with van der Waals surface area (Å²) in [6, 6.07) is 30.1. The van der Waals surface area contributed by atoms with Crippen LogP contribution in [0.2, 0.25) is 0 Å². The molecule has 4 aromatic heterocycles. The van der Waals surface area contributed by atoms with E-state index in [1.807, 2.05) is 120 Å². The molecule has 2 fully saturated rings. The maximum atomic E-state index is 14.5. The highest BCUT2D eigenvalue weighted by molar-refractivity contribution is 7.08. The van der Waals surface area contributed by atoms with Crippen LogP contribution in [0.3, 0.4) is 0 Å². The van der Waals surface area contributed by atoms with Gasteiger partial charge in [0.2, 0.25) is 29.5 Å². The summed E-state index contributed by atoms with van der Waals surface area (Å²) in [7, 11) is -1.00. The summed E-state index contributed by atoms with van der Waals surface area (Å²) in [5.74, 6) is -2.29.